The zero-order chi connectivity index (χ0) is 28.3. The molecule has 1 amide bonds. The van der Waals surface area contributed by atoms with Gasteiger partial charge in [-0.15, -0.1) is 0 Å². The van der Waals surface area contributed by atoms with Crippen molar-refractivity contribution in [2.75, 3.05) is 50.4 Å². The number of benzene rings is 2. The van der Waals surface area contributed by atoms with Crippen LogP contribution in [-0.2, 0) is 0 Å². The van der Waals surface area contributed by atoms with Gasteiger partial charge in [-0.1, -0.05) is 6.07 Å². The van der Waals surface area contributed by atoms with E-state index in [2.05, 4.69) is 10.3 Å². The molecule has 12 heteroatoms. The van der Waals surface area contributed by atoms with Crippen LogP contribution in [0.4, 0.5) is 25.8 Å². The van der Waals surface area contributed by atoms with Gasteiger partial charge in [-0.3, -0.25) is 14.6 Å². The maximum Gasteiger partial charge on any atom is 0.325 e. The van der Waals surface area contributed by atoms with Gasteiger partial charge in [-0.25, -0.2) is 8.78 Å². The molecule has 1 aromatic heterocycles. The monoisotopic (exact) mass is 541 g/mol. The van der Waals surface area contributed by atoms with Crippen molar-refractivity contribution < 1.29 is 33.0 Å². The number of ether oxygens (including phenoxy) is 1. The first-order chi connectivity index (χ1) is 18.7. The number of carbonyl (C=O) groups is 1. The minimum absolute atomic E-state index is 0.00831. The zero-order valence-electron chi connectivity index (χ0n) is 21.8. The molecule has 206 valence electrons. The van der Waals surface area contributed by atoms with E-state index >= 15 is 0 Å². The predicted octanol–water partition coefficient (Wildman–Crippen LogP) is 1.77. The van der Waals surface area contributed by atoms with Crippen molar-refractivity contribution in [2.45, 2.75) is 18.5 Å². The number of carbonyl (C=O) groups excluding carboxylic acids is 1. The summed E-state index contributed by atoms with van der Waals surface area (Å²) in [6.07, 6.45) is 1.88. The fourth-order valence-electron chi connectivity index (χ4n) is 4.89. The lowest BCUT2D eigenvalue weighted by Gasteiger charge is -2.30. The number of aliphatic hydroxyl groups excluding tert-OH is 1. The second-order valence-corrected chi connectivity index (χ2v) is 9.00. The van der Waals surface area contributed by atoms with Gasteiger partial charge in [-0.05, 0) is 24.6 Å². The fourth-order valence-corrected chi connectivity index (χ4v) is 4.89. The average Bonchev–Trinajstić information content (AvgIpc) is 3.30. The number of hydrogen-bond donors (Lipinski definition) is 4. The van der Waals surface area contributed by atoms with Gasteiger partial charge in [0, 0.05) is 54.3 Å². The molecule has 10 nitrogen and oxygen atoms in total. The highest BCUT2D eigenvalue weighted by atomic mass is 19.1. The molecule has 1 aliphatic heterocycles. The molecule has 39 heavy (non-hydrogen) atoms. The highest BCUT2D eigenvalue weighted by molar-refractivity contribution is 6.07. The van der Waals surface area contributed by atoms with E-state index in [9.17, 15) is 18.7 Å². The Labute approximate surface area is 224 Å². The lowest BCUT2D eigenvalue weighted by Crippen LogP contribution is -2.49. The topological polar surface area (TPSA) is 139 Å². The number of aliphatic hydroxyl groups is 1. The van der Waals surface area contributed by atoms with Gasteiger partial charge in [0.2, 0.25) is 0 Å². The minimum atomic E-state index is -0.766. The molecular formula is C27H31F2N6O4+. The largest absolute Gasteiger partial charge is 0.496 e. The van der Waals surface area contributed by atoms with Crippen molar-refractivity contribution in [3.8, 4) is 17.0 Å². The molecule has 2 heterocycles. The molecule has 2 unspecified atom stereocenters. The van der Waals surface area contributed by atoms with E-state index in [1.165, 1.54) is 45.7 Å². The summed E-state index contributed by atoms with van der Waals surface area (Å²) in [6, 6.07) is 9.43. The van der Waals surface area contributed by atoms with Crippen LogP contribution < -0.4 is 36.0 Å². The Balaban J connectivity index is 1.85. The Hall–Kier alpha value is -4.29. The first kappa shape index (κ1) is 27.7. The van der Waals surface area contributed by atoms with E-state index in [4.69, 9.17) is 21.0 Å². The number of nitrogens with zero attached hydrogens (tertiary/aromatic N) is 3. The van der Waals surface area contributed by atoms with Crippen molar-refractivity contribution in [2.24, 2.45) is 10.7 Å². The molecule has 3 aromatic rings. The number of nitrogens with one attached hydrogen (secondary N) is 1. The van der Waals surface area contributed by atoms with Gasteiger partial charge >= 0.3 is 11.6 Å². The van der Waals surface area contributed by atoms with Crippen molar-refractivity contribution >= 4 is 29.2 Å². The Kier molecular flexibility index (Phi) is 8.27. The normalized spacial score (nSPS) is 17.1. The Morgan fingerprint density at radius 3 is 2.67 bits per heavy atom. The summed E-state index contributed by atoms with van der Waals surface area (Å²) in [6.45, 7) is 0.127. The van der Waals surface area contributed by atoms with E-state index in [0.717, 1.165) is 10.8 Å². The minimum Gasteiger partial charge on any atom is -0.496 e. The van der Waals surface area contributed by atoms with E-state index in [-0.39, 0.29) is 58.3 Å². The summed E-state index contributed by atoms with van der Waals surface area (Å²) in [5.74, 6) is -1.78. The van der Waals surface area contributed by atoms with Crippen LogP contribution in [-0.4, -0.2) is 63.7 Å². The highest BCUT2D eigenvalue weighted by Crippen LogP contribution is 2.39. The molecule has 1 fully saturated rings. The van der Waals surface area contributed by atoms with E-state index in [1.54, 1.807) is 23.1 Å². The summed E-state index contributed by atoms with van der Waals surface area (Å²) >= 11 is 0. The van der Waals surface area contributed by atoms with Gasteiger partial charge in [-0.2, -0.15) is 0 Å². The molecular weight excluding hydrogens is 510 g/mol. The Bertz CT molecular complexity index is 1420. The Morgan fingerprint density at radius 2 is 2.00 bits per heavy atom. The third-order valence-electron chi connectivity index (χ3n) is 6.59. The molecule has 0 spiro atoms. The van der Waals surface area contributed by atoms with Gasteiger partial charge in [0.05, 0.1) is 36.8 Å². The highest BCUT2D eigenvalue weighted by Gasteiger charge is 2.35. The summed E-state index contributed by atoms with van der Waals surface area (Å²) in [4.78, 5) is 24.9. The number of nitrogens with two attached hydrogens (primary N) is 2. The van der Waals surface area contributed by atoms with Crippen LogP contribution in [0.25, 0.3) is 11.3 Å². The molecule has 0 bridgehead atoms. The summed E-state index contributed by atoms with van der Waals surface area (Å²) < 4.78 is 36.4. The van der Waals surface area contributed by atoms with Crippen molar-refractivity contribution in [3.05, 3.63) is 65.4 Å². The summed E-state index contributed by atoms with van der Waals surface area (Å²) in [5, 5.41) is 12.7. The number of aromatic nitrogens is 1. The molecule has 2 atom stereocenters. The van der Waals surface area contributed by atoms with Crippen LogP contribution in [0.2, 0.25) is 0 Å². The summed E-state index contributed by atoms with van der Waals surface area (Å²) in [7, 11) is 4.25. The fraction of sp³-hybridized carbons (Fsp3) is 0.296. The molecule has 0 aliphatic carbocycles. The third-order valence-corrected chi connectivity index (χ3v) is 6.59. The van der Waals surface area contributed by atoms with Crippen LogP contribution in [0.3, 0.4) is 0 Å². The number of halogens is 2. The van der Waals surface area contributed by atoms with Crippen LogP contribution >= 0.6 is 0 Å². The van der Waals surface area contributed by atoms with Crippen LogP contribution in [0.1, 0.15) is 22.5 Å². The number of nitrogen functional groups attached to an aromatic ring is 1. The van der Waals surface area contributed by atoms with E-state index in [1.807, 2.05) is 0 Å². The van der Waals surface area contributed by atoms with E-state index < -0.39 is 17.5 Å². The lowest BCUT2D eigenvalue weighted by molar-refractivity contribution is -0.877. The third kappa shape index (κ3) is 5.20. The molecule has 1 saturated heterocycles. The number of methoxy groups -OCH3 is 1. The quantitative estimate of drug-likeness (QED) is 0.194. The molecule has 0 radical (unpaired) electrons. The number of pyridine rings is 1. The lowest BCUT2D eigenvalue weighted by atomic mass is 10.1. The second kappa shape index (κ2) is 11.6. The Morgan fingerprint density at radius 1 is 1.26 bits per heavy atom. The zero-order valence-corrected chi connectivity index (χ0v) is 21.8. The van der Waals surface area contributed by atoms with Gasteiger partial charge in [0.15, 0.2) is 0 Å². The smallest absolute Gasteiger partial charge is 0.325 e. The number of rotatable bonds is 8. The van der Waals surface area contributed by atoms with Crippen molar-refractivity contribution in [1.82, 2.24) is 0 Å². The van der Waals surface area contributed by atoms with Crippen LogP contribution in [0, 0.1) is 11.6 Å². The van der Waals surface area contributed by atoms with Crippen molar-refractivity contribution in [3.63, 3.8) is 0 Å². The standard InChI is InChI=1S/C27H30F2N6O4/c1-32-12-17-25(31)19(29)11-20(26(17)34-13-15(30)10-16(34)14-36)33-27(37)22-8-5-7-21(35(22)39-3)24-18(28)6-4-9-23(24)38-2/h4-9,11-12,15-16,31,36-37H,10,13-14,30H2,1-3H3/p+1. The maximum absolute atomic E-state index is 15.0. The number of amides is 1. The first-order valence-electron chi connectivity index (χ1n) is 12.2. The molecule has 1 aliphatic rings. The molecule has 4 rings (SSSR count). The first-order valence-corrected chi connectivity index (χ1v) is 12.2. The van der Waals surface area contributed by atoms with Crippen LogP contribution in [0.5, 0.6) is 5.75 Å². The average molecular weight is 542 g/mol. The number of anilines is 3. The molecule has 2 aromatic carbocycles. The van der Waals surface area contributed by atoms with Gasteiger partial charge in [0.25, 0.3) is 5.69 Å². The second-order valence-electron chi connectivity index (χ2n) is 9.00. The summed E-state index contributed by atoms with van der Waals surface area (Å²) in [5.41, 5.74) is 13.1. The van der Waals surface area contributed by atoms with Gasteiger partial charge in [0.1, 0.15) is 30.1 Å². The molecule has 0 saturated carbocycles. The predicted molar refractivity (Wildman–Crippen MR) is 144 cm³/mol. The number of aliphatic imine (C=N–C) groups is 1. The van der Waals surface area contributed by atoms with E-state index in [0.29, 0.717) is 18.7 Å². The van der Waals surface area contributed by atoms with Gasteiger partial charge < -0.3 is 31.5 Å². The SMILES string of the molecule is CN=Cc1c(N)c(F)cc(NC(=O)c2cccc(-c3c(F)cccc3OC)[n+]2OC)c1N1CC(N)CC1CO. The van der Waals surface area contributed by atoms with Crippen LogP contribution in [0.15, 0.2) is 47.5 Å². The number of hydrogen-bond acceptors (Lipinski definition) is 8. The molecule has 6 N–H and O–H groups in total. The van der Waals surface area contributed by atoms with Crippen molar-refractivity contribution in [1.29, 1.82) is 0 Å². The maximum atomic E-state index is 15.0.